The van der Waals surface area contributed by atoms with Gasteiger partial charge in [0.1, 0.15) is 6.54 Å². The summed E-state index contributed by atoms with van der Waals surface area (Å²) in [7, 11) is -3.88. The van der Waals surface area contributed by atoms with Crippen LogP contribution in [0.1, 0.15) is 12.8 Å². The molecule has 1 heterocycles. The summed E-state index contributed by atoms with van der Waals surface area (Å²) in [6.07, 6.45) is 3.21. The number of amides is 1. The number of benzene rings is 2. The lowest BCUT2D eigenvalue weighted by Gasteiger charge is -2.22. The summed E-state index contributed by atoms with van der Waals surface area (Å²) >= 11 is 0. The standard InChI is InChI=1S/C19H21F2N3O3S/c1-28(26,27)24(16-8-9-17(20)18(21)12-16)13-19(25)22-14-4-6-15(7-5-14)23-10-2-3-11-23/h4-9,12H,2-3,10-11,13H2,1H3,(H,22,25). The van der Waals surface area contributed by atoms with Crippen molar-refractivity contribution in [3.05, 3.63) is 54.1 Å². The summed E-state index contributed by atoms with van der Waals surface area (Å²) in [5.74, 6) is -2.88. The van der Waals surface area contributed by atoms with Gasteiger partial charge >= 0.3 is 0 Å². The molecule has 0 radical (unpaired) electrons. The van der Waals surface area contributed by atoms with Gasteiger partial charge in [0.05, 0.1) is 11.9 Å². The van der Waals surface area contributed by atoms with Gasteiger partial charge in [-0.1, -0.05) is 0 Å². The molecule has 0 atom stereocenters. The van der Waals surface area contributed by atoms with Gasteiger partial charge in [0, 0.05) is 30.5 Å². The lowest BCUT2D eigenvalue weighted by molar-refractivity contribution is -0.114. The van der Waals surface area contributed by atoms with Crippen molar-refractivity contribution in [2.24, 2.45) is 0 Å². The largest absolute Gasteiger partial charge is 0.372 e. The maximum Gasteiger partial charge on any atom is 0.245 e. The molecule has 0 unspecified atom stereocenters. The first-order valence-corrected chi connectivity index (χ1v) is 10.7. The fourth-order valence-electron chi connectivity index (χ4n) is 3.10. The van der Waals surface area contributed by atoms with Crippen molar-refractivity contribution < 1.29 is 22.0 Å². The Labute approximate surface area is 162 Å². The third kappa shape index (κ3) is 4.78. The molecule has 1 N–H and O–H groups in total. The quantitative estimate of drug-likeness (QED) is 0.797. The molecule has 0 bridgehead atoms. The van der Waals surface area contributed by atoms with E-state index in [0.717, 1.165) is 60.4 Å². The van der Waals surface area contributed by atoms with Crippen LogP contribution in [0.2, 0.25) is 0 Å². The summed E-state index contributed by atoms with van der Waals surface area (Å²) in [6, 6.07) is 9.95. The molecule has 9 heteroatoms. The van der Waals surface area contributed by atoms with Crippen molar-refractivity contribution in [3.8, 4) is 0 Å². The normalized spacial score (nSPS) is 14.2. The first-order valence-electron chi connectivity index (χ1n) is 8.82. The van der Waals surface area contributed by atoms with Gasteiger partial charge in [0.2, 0.25) is 15.9 Å². The van der Waals surface area contributed by atoms with Gasteiger partial charge in [-0.05, 0) is 49.2 Å². The van der Waals surface area contributed by atoms with Crippen molar-refractivity contribution in [3.63, 3.8) is 0 Å². The zero-order valence-electron chi connectivity index (χ0n) is 15.4. The smallest absolute Gasteiger partial charge is 0.245 e. The number of sulfonamides is 1. The first kappa shape index (κ1) is 20.1. The highest BCUT2D eigenvalue weighted by molar-refractivity contribution is 7.92. The van der Waals surface area contributed by atoms with Gasteiger partial charge in [0.25, 0.3) is 0 Å². The van der Waals surface area contributed by atoms with E-state index in [0.29, 0.717) is 5.69 Å². The minimum Gasteiger partial charge on any atom is -0.372 e. The van der Waals surface area contributed by atoms with Crippen LogP contribution in [0.5, 0.6) is 0 Å². The van der Waals surface area contributed by atoms with E-state index in [1.807, 2.05) is 12.1 Å². The number of carbonyl (C=O) groups excluding carboxylic acids is 1. The molecule has 6 nitrogen and oxygen atoms in total. The fraction of sp³-hybridized carbons (Fsp3) is 0.316. The maximum absolute atomic E-state index is 13.5. The van der Waals surface area contributed by atoms with E-state index in [2.05, 4.69) is 10.2 Å². The molecular weight excluding hydrogens is 388 g/mol. The van der Waals surface area contributed by atoms with Crippen LogP contribution in [0.15, 0.2) is 42.5 Å². The number of rotatable bonds is 6. The van der Waals surface area contributed by atoms with Gasteiger partial charge in [-0.2, -0.15) is 0 Å². The van der Waals surface area contributed by atoms with E-state index in [4.69, 9.17) is 0 Å². The van der Waals surface area contributed by atoms with Gasteiger partial charge in [-0.15, -0.1) is 0 Å². The second kappa shape index (κ2) is 8.14. The molecule has 1 aliphatic rings. The molecule has 1 amide bonds. The highest BCUT2D eigenvalue weighted by Crippen LogP contribution is 2.23. The molecule has 3 rings (SSSR count). The monoisotopic (exact) mass is 409 g/mol. The van der Waals surface area contributed by atoms with Crippen molar-refractivity contribution in [2.75, 3.05) is 40.4 Å². The lowest BCUT2D eigenvalue weighted by atomic mass is 10.2. The summed E-state index contributed by atoms with van der Waals surface area (Å²) in [5, 5.41) is 2.63. The molecule has 2 aromatic rings. The van der Waals surface area contributed by atoms with Crippen LogP contribution < -0.4 is 14.5 Å². The van der Waals surface area contributed by atoms with Crippen molar-refractivity contribution in [1.29, 1.82) is 0 Å². The summed E-state index contributed by atoms with van der Waals surface area (Å²) < 4.78 is 51.4. The topological polar surface area (TPSA) is 69.7 Å². The molecule has 150 valence electrons. The molecule has 1 saturated heterocycles. The molecule has 0 spiro atoms. The Hall–Kier alpha value is -2.68. The van der Waals surface area contributed by atoms with E-state index in [1.165, 1.54) is 0 Å². The Morgan fingerprint density at radius 2 is 1.71 bits per heavy atom. The number of hydrogen-bond donors (Lipinski definition) is 1. The Bertz CT molecular complexity index is 959. The minimum atomic E-state index is -3.88. The summed E-state index contributed by atoms with van der Waals surface area (Å²) in [4.78, 5) is 14.6. The molecular formula is C19H21F2N3O3S. The molecule has 28 heavy (non-hydrogen) atoms. The third-order valence-corrected chi connectivity index (χ3v) is 5.64. The highest BCUT2D eigenvalue weighted by Gasteiger charge is 2.22. The summed E-state index contributed by atoms with van der Waals surface area (Å²) in [6.45, 7) is 1.45. The van der Waals surface area contributed by atoms with E-state index in [1.54, 1.807) is 12.1 Å². The van der Waals surface area contributed by atoms with E-state index in [-0.39, 0.29) is 5.69 Å². The van der Waals surface area contributed by atoms with Gasteiger partial charge in [-0.25, -0.2) is 17.2 Å². The minimum absolute atomic E-state index is 0.124. The Morgan fingerprint density at radius 1 is 1.07 bits per heavy atom. The van der Waals surface area contributed by atoms with Crippen molar-refractivity contribution in [2.45, 2.75) is 12.8 Å². The van der Waals surface area contributed by atoms with Crippen LogP contribution >= 0.6 is 0 Å². The second-order valence-corrected chi connectivity index (χ2v) is 8.56. The molecule has 0 saturated carbocycles. The highest BCUT2D eigenvalue weighted by atomic mass is 32.2. The lowest BCUT2D eigenvalue weighted by Crippen LogP contribution is -2.37. The molecule has 0 aliphatic carbocycles. The average molecular weight is 409 g/mol. The molecule has 1 fully saturated rings. The number of hydrogen-bond acceptors (Lipinski definition) is 4. The number of anilines is 3. The van der Waals surface area contributed by atoms with Gasteiger partial charge in [-0.3, -0.25) is 9.10 Å². The second-order valence-electron chi connectivity index (χ2n) is 6.66. The van der Waals surface area contributed by atoms with E-state index >= 15 is 0 Å². The van der Waals surface area contributed by atoms with Crippen LogP contribution in [0.3, 0.4) is 0 Å². The maximum atomic E-state index is 13.5. The SMILES string of the molecule is CS(=O)(=O)N(CC(=O)Nc1ccc(N2CCCC2)cc1)c1ccc(F)c(F)c1. The number of nitrogens with zero attached hydrogens (tertiary/aromatic N) is 2. The van der Waals surface area contributed by atoms with Gasteiger partial charge < -0.3 is 10.2 Å². The van der Waals surface area contributed by atoms with Crippen molar-refractivity contribution in [1.82, 2.24) is 0 Å². The molecule has 1 aliphatic heterocycles. The van der Waals surface area contributed by atoms with E-state index < -0.39 is 34.1 Å². The van der Waals surface area contributed by atoms with Gasteiger partial charge in [0.15, 0.2) is 11.6 Å². The van der Waals surface area contributed by atoms with Crippen molar-refractivity contribution >= 4 is 33.0 Å². The Balaban J connectivity index is 1.70. The van der Waals surface area contributed by atoms with Crippen LogP contribution in [-0.4, -0.2) is 40.2 Å². The summed E-state index contributed by atoms with van der Waals surface area (Å²) in [5.41, 5.74) is 1.46. The van der Waals surface area contributed by atoms with Crippen LogP contribution in [0.4, 0.5) is 25.8 Å². The molecule has 0 aromatic heterocycles. The molecule has 2 aromatic carbocycles. The van der Waals surface area contributed by atoms with E-state index in [9.17, 15) is 22.0 Å². The predicted octanol–water partition coefficient (Wildman–Crippen LogP) is 2.97. The first-order chi connectivity index (χ1) is 13.2. The number of carbonyl (C=O) groups is 1. The average Bonchev–Trinajstić information content (AvgIpc) is 3.16. The zero-order chi connectivity index (χ0) is 20.3. The predicted molar refractivity (Wildman–Crippen MR) is 105 cm³/mol. The Kier molecular flexibility index (Phi) is 5.83. The number of halogens is 2. The van der Waals surface area contributed by atoms with Crippen LogP contribution in [-0.2, 0) is 14.8 Å². The Morgan fingerprint density at radius 3 is 2.29 bits per heavy atom. The van der Waals surface area contributed by atoms with Crippen LogP contribution in [0.25, 0.3) is 0 Å². The number of nitrogens with one attached hydrogen (secondary N) is 1. The fourth-order valence-corrected chi connectivity index (χ4v) is 3.95. The van der Waals surface area contributed by atoms with Crippen LogP contribution in [0, 0.1) is 11.6 Å². The zero-order valence-corrected chi connectivity index (χ0v) is 16.2. The third-order valence-electron chi connectivity index (χ3n) is 4.50.